The molecule has 2 aliphatic carbocycles. The van der Waals surface area contributed by atoms with Gasteiger partial charge in [-0.1, -0.05) is 52.4 Å². The topological polar surface area (TPSA) is 40.5 Å². The number of hydrogen-bond donors (Lipinski definition) is 2. The van der Waals surface area contributed by atoms with Gasteiger partial charge in [-0.25, -0.2) is 23.3 Å². The Morgan fingerprint density at radius 1 is 0.610 bits per heavy atom. The summed E-state index contributed by atoms with van der Waals surface area (Å²) in [6, 6.07) is 7.33. The minimum absolute atomic E-state index is 0. The average molecular weight is 658 g/mol. The Kier molecular flexibility index (Phi) is 19.1. The van der Waals surface area contributed by atoms with E-state index in [0.717, 1.165) is 61.4 Å². The predicted molar refractivity (Wildman–Crippen MR) is 146 cm³/mol. The largest absolute Gasteiger partial charge is 2.00 e. The van der Waals surface area contributed by atoms with Gasteiger partial charge in [-0.15, -0.1) is 12.8 Å². The van der Waals surface area contributed by atoms with Crippen LogP contribution in [0.5, 0.6) is 11.5 Å². The van der Waals surface area contributed by atoms with E-state index in [-0.39, 0.29) is 37.7 Å². The second-order valence-electron chi connectivity index (χ2n) is 8.91. The maximum Gasteiger partial charge on any atom is 2.00 e. The fourth-order valence-corrected chi connectivity index (χ4v) is 3.28. The number of alkyl halides is 6. The van der Waals surface area contributed by atoms with E-state index in [1.54, 1.807) is 0 Å². The van der Waals surface area contributed by atoms with Crippen molar-refractivity contribution in [3.05, 3.63) is 107 Å². The van der Waals surface area contributed by atoms with Gasteiger partial charge in [0.15, 0.2) is 0 Å². The van der Waals surface area contributed by atoms with Gasteiger partial charge in [-0.2, -0.15) is 38.5 Å². The Hall–Kier alpha value is -2.54. The number of aromatic hydroxyl groups is 2. The first kappa shape index (κ1) is 38.5. The second-order valence-corrected chi connectivity index (χ2v) is 8.91. The summed E-state index contributed by atoms with van der Waals surface area (Å²) in [6.45, 7) is 4.44. The van der Waals surface area contributed by atoms with Gasteiger partial charge in [0.2, 0.25) is 0 Å². The van der Waals surface area contributed by atoms with Crippen LogP contribution < -0.4 is 0 Å². The molecule has 0 bridgehead atoms. The molecule has 2 aliphatic rings. The van der Waals surface area contributed by atoms with Crippen molar-refractivity contribution >= 4 is 0 Å². The van der Waals surface area contributed by atoms with Crippen LogP contribution in [0.1, 0.15) is 76.3 Å². The molecule has 2 aromatic carbocycles. The minimum atomic E-state index is -4.33. The first-order valence-electron chi connectivity index (χ1n) is 13.1. The van der Waals surface area contributed by atoms with E-state index < -0.39 is 23.5 Å². The molecular weight excluding hydrogens is 622 g/mol. The number of hydrogen-bond acceptors (Lipinski definition) is 2. The van der Waals surface area contributed by atoms with Gasteiger partial charge in [0.25, 0.3) is 0 Å². The van der Waals surface area contributed by atoms with Crippen LogP contribution in [0.2, 0.25) is 0 Å². The molecule has 0 unspecified atom stereocenters. The van der Waals surface area contributed by atoms with E-state index >= 15 is 0 Å². The van der Waals surface area contributed by atoms with Crippen molar-refractivity contribution in [2.45, 2.75) is 77.6 Å². The quantitative estimate of drug-likeness (QED) is 0.240. The molecule has 41 heavy (non-hydrogen) atoms. The summed E-state index contributed by atoms with van der Waals surface area (Å²) in [4.78, 5) is 0. The molecule has 4 rings (SSSR count). The molecule has 0 spiro atoms. The summed E-state index contributed by atoms with van der Waals surface area (Å²) in [5.74, 6) is -0.337. The fraction of sp³-hybridized carbons (Fsp3) is 0.375. The molecule has 0 aliphatic heterocycles. The summed E-state index contributed by atoms with van der Waals surface area (Å²) in [7, 11) is 0. The molecule has 2 nitrogen and oxygen atoms in total. The number of phenolic OH excluding ortho intramolecular Hbond substituents is 2. The molecule has 0 heterocycles. The fourth-order valence-electron chi connectivity index (χ4n) is 3.28. The van der Waals surface area contributed by atoms with Gasteiger partial charge in [-0.3, -0.25) is 12.2 Å². The molecule has 0 radical (unpaired) electrons. The van der Waals surface area contributed by atoms with E-state index in [9.17, 15) is 26.3 Å². The van der Waals surface area contributed by atoms with Crippen LogP contribution in [-0.2, 0) is 38.6 Å². The zero-order valence-electron chi connectivity index (χ0n) is 23.2. The summed E-state index contributed by atoms with van der Waals surface area (Å²) in [5, 5.41) is 17.3. The van der Waals surface area contributed by atoms with Crippen molar-refractivity contribution in [1.29, 1.82) is 0 Å². The van der Waals surface area contributed by atoms with Crippen LogP contribution in [0.25, 0.3) is 0 Å². The van der Waals surface area contributed by atoms with Gasteiger partial charge < -0.3 is 10.2 Å². The van der Waals surface area contributed by atoms with Crippen LogP contribution in [0.3, 0.4) is 0 Å². The van der Waals surface area contributed by atoms with E-state index in [0.29, 0.717) is 0 Å². The average Bonchev–Trinajstić information content (AvgIpc) is 3.61. The molecule has 0 atom stereocenters. The number of unbranched alkanes of at least 4 members (excludes halogenated alkanes) is 2. The third-order valence-electron chi connectivity index (χ3n) is 5.52. The first-order chi connectivity index (χ1) is 18.9. The predicted octanol–water partition coefficient (Wildman–Crippen LogP) is 10.6. The van der Waals surface area contributed by atoms with Crippen molar-refractivity contribution < 1.29 is 62.8 Å². The van der Waals surface area contributed by atoms with Crippen molar-refractivity contribution in [3.63, 3.8) is 0 Å². The van der Waals surface area contributed by atoms with E-state index in [2.05, 4.69) is 50.3 Å². The maximum absolute atomic E-state index is 11.8. The van der Waals surface area contributed by atoms with E-state index in [4.69, 9.17) is 10.2 Å². The summed E-state index contributed by atoms with van der Waals surface area (Å²) in [6.07, 6.45) is 16.4. The Labute approximate surface area is 258 Å². The summed E-state index contributed by atoms with van der Waals surface area (Å²) in [5.41, 5.74) is 1.32. The SMILES string of the molecule is CCCCC1=[C-]CC=C1.CCCCC1=[C-]CC=C1.Oc1ccc(C(F)(F)F)cc1.Oc1ccc(C(F)(F)F)cc1.[Zr+2]. The monoisotopic (exact) mass is 656 g/mol. The number of benzene rings is 2. The molecular formula is C32H36F6O2Zr. The van der Waals surface area contributed by atoms with Crippen molar-refractivity contribution in [1.82, 2.24) is 0 Å². The van der Waals surface area contributed by atoms with Crippen molar-refractivity contribution in [2.24, 2.45) is 0 Å². The molecule has 222 valence electrons. The third-order valence-corrected chi connectivity index (χ3v) is 5.52. The normalized spacial score (nSPS) is 13.4. The van der Waals surface area contributed by atoms with Gasteiger partial charge in [0.1, 0.15) is 11.5 Å². The molecule has 0 amide bonds. The number of halogens is 6. The molecule has 2 N–H and O–H groups in total. The summed E-state index contributed by atoms with van der Waals surface area (Å²) >= 11 is 0. The smallest absolute Gasteiger partial charge is 0.508 e. The zero-order valence-corrected chi connectivity index (χ0v) is 25.7. The van der Waals surface area contributed by atoms with Gasteiger partial charge >= 0.3 is 38.6 Å². The van der Waals surface area contributed by atoms with Gasteiger partial charge in [0, 0.05) is 0 Å². The molecule has 0 fully saturated rings. The number of phenols is 2. The standard InChI is InChI=1S/2C9H13.2C7H5F3O.Zr/c2*1-2-3-6-9-7-4-5-8-9;2*8-7(9,10)5-1-3-6(11)4-2-5;/h2*4,7H,2-3,5-6H2,1H3;2*1-4,11H;/q2*-1;;;+2. The van der Waals surface area contributed by atoms with Crippen molar-refractivity contribution in [2.75, 3.05) is 0 Å². The second kappa shape index (κ2) is 20.4. The zero-order chi connectivity index (χ0) is 30.0. The molecule has 0 saturated carbocycles. The Morgan fingerprint density at radius 3 is 1.15 bits per heavy atom. The number of rotatable bonds is 6. The number of allylic oxidation sites excluding steroid dienone is 8. The van der Waals surface area contributed by atoms with Crippen LogP contribution in [0.15, 0.2) is 84.0 Å². The van der Waals surface area contributed by atoms with Crippen LogP contribution in [0, 0.1) is 12.2 Å². The van der Waals surface area contributed by atoms with E-state index in [1.165, 1.54) is 49.7 Å². The van der Waals surface area contributed by atoms with Gasteiger partial charge in [-0.05, 0) is 48.5 Å². The maximum atomic E-state index is 11.8. The third kappa shape index (κ3) is 17.8. The summed E-state index contributed by atoms with van der Waals surface area (Å²) < 4.78 is 71.0. The Bertz CT molecular complexity index is 1010. The first-order valence-corrected chi connectivity index (χ1v) is 13.1. The van der Waals surface area contributed by atoms with Crippen LogP contribution >= 0.6 is 0 Å². The minimum Gasteiger partial charge on any atom is -0.508 e. The molecule has 0 aromatic heterocycles. The Morgan fingerprint density at radius 2 is 0.927 bits per heavy atom. The molecule has 0 saturated heterocycles. The Balaban J connectivity index is 0.000000518. The van der Waals surface area contributed by atoms with Crippen LogP contribution in [0.4, 0.5) is 26.3 Å². The van der Waals surface area contributed by atoms with Crippen molar-refractivity contribution in [3.8, 4) is 11.5 Å². The molecule has 9 heteroatoms. The van der Waals surface area contributed by atoms with E-state index in [1.807, 2.05) is 0 Å². The molecule has 2 aromatic rings. The van der Waals surface area contributed by atoms with Gasteiger partial charge in [0.05, 0.1) is 11.1 Å². The van der Waals surface area contributed by atoms with Crippen LogP contribution in [-0.4, -0.2) is 10.2 Å².